The number of primary amides is 1. The van der Waals surface area contributed by atoms with Crippen molar-refractivity contribution in [1.82, 2.24) is 19.7 Å². The number of carbonyl (C=O) groups excluding carboxylic acids is 1. The van der Waals surface area contributed by atoms with E-state index >= 15 is 0 Å². The molecule has 0 saturated heterocycles. The Hall–Kier alpha value is -3.63. The molecule has 1 aromatic carbocycles. The van der Waals surface area contributed by atoms with Gasteiger partial charge < -0.3 is 16.4 Å². The summed E-state index contributed by atoms with van der Waals surface area (Å²) in [5.41, 5.74) is 5.58. The molecule has 0 saturated carbocycles. The van der Waals surface area contributed by atoms with Crippen molar-refractivity contribution in [2.75, 3.05) is 10.6 Å². The van der Waals surface area contributed by atoms with Crippen LogP contribution in [0.25, 0.3) is 0 Å². The van der Waals surface area contributed by atoms with Crippen molar-refractivity contribution in [1.29, 1.82) is 0 Å². The smallest absolute Gasteiger partial charge is 0.365 e. The summed E-state index contributed by atoms with van der Waals surface area (Å²) in [7, 11) is 1.74. The van der Waals surface area contributed by atoms with Crippen molar-refractivity contribution in [3.63, 3.8) is 0 Å². The first-order valence-corrected chi connectivity index (χ1v) is 8.05. The van der Waals surface area contributed by atoms with E-state index in [0.717, 1.165) is 12.1 Å². The highest BCUT2D eigenvalue weighted by atomic mass is 19.4. The quantitative estimate of drug-likeness (QED) is 0.596. The first kappa shape index (κ1) is 19.1. The fourth-order valence-corrected chi connectivity index (χ4v) is 2.42. The lowest BCUT2D eigenvalue weighted by Crippen LogP contribution is -2.17. The van der Waals surface area contributed by atoms with E-state index in [-0.39, 0.29) is 23.9 Å². The van der Waals surface area contributed by atoms with Gasteiger partial charge in [0.25, 0.3) is 5.91 Å². The number of halogens is 3. The molecular formula is C17H16F3N7O. The van der Waals surface area contributed by atoms with Crippen LogP contribution in [-0.4, -0.2) is 25.7 Å². The van der Waals surface area contributed by atoms with E-state index < -0.39 is 17.6 Å². The van der Waals surface area contributed by atoms with Crippen LogP contribution >= 0.6 is 0 Å². The number of hydrogen-bond donors (Lipinski definition) is 3. The summed E-state index contributed by atoms with van der Waals surface area (Å²) in [6.07, 6.45) is 0.0504. The van der Waals surface area contributed by atoms with E-state index in [4.69, 9.17) is 5.73 Å². The molecule has 3 aromatic rings. The minimum atomic E-state index is -4.44. The van der Waals surface area contributed by atoms with Crippen LogP contribution in [0, 0.1) is 0 Å². The molecule has 28 heavy (non-hydrogen) atoms. The zero-order valence-corrected chi connectivity index (χ0v) is 14.7. The largest absolute Gasteiger partial charge is 0.416 e. The van der Waals surface area contributed by atoms with Crippen LogP contribution in [-0.2, 0) is 19.8 Å². The lowest BCUT2D eigenvalue weighted by atomic mass is 10.1. The van der Waals surface area contributed by atoms with E-state index in [1.54, 1.807) is 24.1 Å². The van der Waals surface area contributed by atoms with E-state index in [0.29, 0.717) is 11.3 Å². The van der Waals surface area contributed by atoms with E-state index in [2.05, 4.69) is 25.7 Å². The summed E-state index contributed by atoms with van der Waals surface area (Å²) in [5.74, 6) is -0.490. The molecule has 0 aliphatic rings. The minimum absolute atomic E-state index is 0.00749. The van der Waals surface area contributed by atoms with Gasteiger partial charge in [-0.25, -0.2) is 4.98 Å². The molecule has 0 atom stereocenters. The van der Waals surface area contributed by atoms with Gasteiger partial charge in [0.15, 0.2) is 0 Å². The molecule has 3 rings (SSSR count). The lowest BCUT2D eigenvalue weighted by Gasteiger charge is -2.12. The Balaban J connectivity index is 1.81. The van der Waals surface area contributed by atoms with E-state index in [1.165, 1.54) is 18.3 Å². The summed E-state index contributed by atoms with van der Waals surface area (Å²) < 4.78 is 40.1. The SMILES string of the molecule is Cn1cc(Nc2ncc(C(N)=O)c(NCc3cccc(C(F)(F)F)c3)n2)cn1. The predicted octanol–water partition coefficient (Wildman–Crippen LogP) is 2.68. The number of rotatable bonds is 6. The van der Waals surface area contributed by atoms with Crippen LogP contribution in [0.15, 0.2) is 42.9 Å². The molecule has 0 aliphatic heterocycles. The van der Waals surface area contributed by atoms with Crippen LogP contribution in [0.4, 0.5) is 30.6 Å². The zero-order chi connectivity index (χ0) is 20.3. The molecule has 8 nitrogen and oxygen atoms in total. The van der Waals surface area contributed by atoms with Gasteiger partial charge in [-0.15, -0.1) is 0 Å². The van der Waals surface area contributed by atoms with Gasteiger partial charge in [-0.2, -0.15) is 23.3 Å². The molecule has 2 heterocycles. The summed E-state index contributed by atoms with van der Waals surface area (Å²) in [4.78, 5) is 19.8. The Labute approximate surface area is 157 Å². The van der Waals surface area contributed by atoms with Gasteiger partial charge in [-0.3, -0.25) is 9.48 Å². The van der Waals surface area contributed by atoms with E-state index in [1.807, 2.05) is 0 Å². The number of benzene rings is 1. The van der Waals surface area contributed by atoms with Gasteiger partial charge >= 0.3 is 6.18 Å². The highest BCUT2D eigenvalue weighted by Gasteiger charge is 2.30. The third kappa shape index (κ3) is 4.55. The third-order valence-corrected chi connectivity index (χ3v) is 3.73. The minimum Gasteiger partial charge on any atom is -0.365 e. The Morgan fingerprint density at radius 1 is 1.29 bits per heavy atom. The normalized spacial score (nSPS) is 11.3. The van der Waals surface area contributed by atoms with Gasteiger partial charge in [-0.05, 0) is 17.7 Å². The standard InChI is InChI=1S/C17H16F3N7O/c1-27-9-12(7-24-27)25-16-23-8-13(14(21)28)15(26-16)22-6-10-3-2-4-11(5-10)17(18,19)20/h2-5,7-9H,6H2,1H3,(H2,21,28)(H2,22,23,25,26). The average Bonchev–Trinajstić information content (AvgIpc) is 3.04. The number of nitrogens with two attached hydrogens (primary N) is 1. The average molecular weight is 391 g/mol. The molecule has 0 radical (unpaired) electrons. The number of aromatic nitrogens is 4. The molecule has 4 N–H and O–H groups in total. The molecule has 0 fully saturated rings. The molecule has 0 aliphatic carbocycles. The molecule has 146 valence electrons. The van der Waals surface area contributed by atoms with Gasteiger partial charge in [-0.1, -0.05) is 12.1 Å². The topological polar surface area (TPSA) is 111 Å². The maximum atomic E-state index is 12.8. The van der Waals surface area contributed by atoms with Gasteiger partial charge in [0.05, 0.1) is 23.0 Å². The van der Waals surface area contributed by atoms with Crippen LogP contribution in [0.2, 0.25) is 0 Å². The number of nitrogens with zero attached hydrogens (tertiary/aromatic N) is 4. The molecular weight excluding hydrogens is 375 g/mol. The van der Waals surface area contributed by atoms with E-state index in [9.17, 15) is 18.0 Å². The number of carbonyl (C=O) groups is 1. The first-order valence-electron chi connectivity index (χ1n) is 8.05. The summed E-state index contributed by atoms with van der Waals surface area (Å²) >= 11 is 0. The Morgan fingerprint density at radius 2 is 2.07 bits per heavy atom. The first-order chi connectivity index (χ1) is 13.2. The van der Waals surface area contributed by atoms with Crippen LogP contribution in [0.1, 0.15) is 21.5 Å². The second-order valence-electron chi connectivity index (χ2n) is 5.90. The van der Waals surface area contributed by atoms with Crippen molar-refractivity contribution in [3.05, 3.63) is 59.5 Å². The predicted molar refractivity (Wildman–Crippen MR) is 95.8 cm³/mol. The van der Waals surface area contributed by atoms with Gasteiger partial charge in [0, 0.05) is 26.0 Å². The fourth-order valence-electron chi connectivity index (χ4n) is 2.42. The molecule has 2 aromatic heterocycles. The monoisotopic (exact) mass is 391 g/mol. The van der Waals surface area contributed by atoms with Crippen LogP contribution < -0.4 is 16.4 Å². The Morgan fingerprint density at radius 3 is 2.71 bits per heavy atom. The second-order valence-corrected chi connectivity index (χ2v) is 5.90. The highest BCUT2D eigenvalue weighted by molar-refractivity contribution is 5.97. The Bertz CT molecular complexity index is 1000. The number of hydrogen-bond acceptors (Lipinski definition) is 6. The van der Waals surface area contributed by atoms with Crippen molar-refractivity contribution < 1.29 is 18.0 Å². The summed E-state index contributed by atoms with van der Waals surface area (Å²) in [6.45, 7) is 0.00749. The summed E-state index contributed by atoms with van der Waals surface area (Å²) in [6, 6.07) is 4.85. The molecule has 0 bridgehead atoms. The number of anilines is 3. The number of nitrogens with one attached hydrogen (secondary N) is 2. The second kappa shape index (κ2) is 7.55. The lowest BCUT2D eigenvalue weighted by molar-refractivity contribution is -0.137. The maximum absolute atomic E-state index is 12.8. The number of amides is 1. The number of alkyl halides is 3. The van der Waals surface area contributed by atoms with Crippen molar-refractivity contribution in [3.8, 4) is 0 Å². The van der Waals surface area contributed by atoms with Crippen molar-refractivity contribution >= 4 is 23.4 Å². The molecule has 11 heteroatoms. The van der Waals surface area contributed by atoms with Gasteiger partial charge in [0.2, 0.25) is 5.95 Å². The van der Waals surface area contributed by atoms with Crippen LogP contribution in [0.5, 0.6) is 0 Å². The summed E-state index contributed by atoms with van der Waals surface area (Å²) in [5, 5.41) is 9.75. The molecule has 0 spiro atoms. The van der Waals surface area contributed by atoms with Gasteiger partial charge in [0.1, 0.15) is 5.82 Å². The Kier molecular flexibility index (Phi) is 5.16. The fraction of sp³-hybridized carbons (Fsp3) is 0.176. The molecule has 1 amide bonds. The van der Waals surface area contributed by atoms with Crippen LogP contribution in [0.3, 0.4) is 0 Å². The van der Waals surface area contributed by atoms with Crippen molar-refractivity contribution in [2.24, 2.45) is 12.8 Å². The highest BCUT2D eigenvalue weighted by Crippen LogP contribution is 2.29. The maximum Gasteiger partial charge on any atom is 0.416 e. The third-order valence-electron chi connectivity index (χ3n) is 3.73. The zero-order valence-electron chi connectivity index (χ0n) is 14.7. The molecule has 0 unspecified atom stereocenters. The van der Waals surface area contributed by atoms with Crippen molar-refractivity contribution in [2.45, 2.75) is 12.7 Å². The number of aryl methyl sites for hydroxylation is 1.